The summed E-state index contributed by atoms with van der Waals surface area (Å²) < 4.78 is 5.60. The van der Waals surface area contributed by atoms with Crippen molar-refractivity contribution in [1.29, 1.82) is 0 Å². The maximum atomic E-state index is 11.8. The van der Waals surface area contributed by atoms with E-state index in [2.05, 4.69) is 10.3 Å². The summed E-state index contributed by atoms with van der Waals surface area (Å²) in [6, 6.07) is 0. The van der Waals surface area contributed by atoms with Crippen molar-refractivity contribution >= 4 is 17.2 Å². The average Bonchev–Trinajstić information content (AvgIpc) is 2.75. The molecule has 94 valence electrons. The van der Waals surface area contributed by atoms with Crippen molar-refractivity contribution < 1.29 is 9.53 Å². The van der Waals surface area contributed by atoms with Crippen molar-refractivity contribution in [2.24, 2.45) is 0 Å². The van der Waals surface area contributed by atoms with Crippen LogP contribution < -0.4 is 5.32 Å². The molecule has 1 aliphatic heterocycles. The predicted octanol–water partition coefficient (Wildman–Crippen LogP) is 0.480. The molecule has 2 heterocycles. The Hall–Kier alpha value is -0.980. The van der Waals surface area contributed by atoms with Crippen LogP contribution in [0.3, 0.4) is 0 Å². The van der Waals surface area contributed by atoms with Gasteiger partial charge in [-0.15, -0.1) is 11.3 Å². The van der Waals surface area contributed by atoms with Gasteiger partial charge in [0.15, 0.2) is 0 Å². The first-order valence-corrected chi connectivity index (χ1v) is 6.49. The van der Waals surface area contributed by atoms with Gasteiger partial charge in [-0.05, 0) is 6.92 Å². The lowest BCUT2D eigenvalue weighted by Crippen LogP contribution is -2.59. The van der Waals surface area contributed by atoms with E-state index < -0.39 is 0 Å². The number of likely N-dealkylation sites (N-methyl/N-ethyl adjacent to an activating group) is 1. The predicted molar refractivity (Wildman–Crippen MR) is 65.8 cm³/mol. The molecule has 0 aliphatic carbocycles. The highest BCUT2D eigenvalue weighted by Crippen LogP contribution is 2.15. The molecule has 0 saturated carbocycles. The Morgan fingerprint density at radius 3 is 3.00 bits per heavy atom. The Morgan fingerprint density at radius 1 is 1.71 bits per heavy atom. The van der Waals surface area contributed by atoms with Crippen LogP contribution in [0.4, 0.5) is 0 Å². The Morgan fingerprint density at radius 2 is 2.47 bits per heavy atom. The van der Waals surface area contributed by atoms with Crippen molar-refractivity contribution in [1.82, 2.24) is 15.2 Å². The molecule has 1 aromatic rings. The van der Waals surface area contributed by atoms with Gasteiger partial charge < -0.3 is 15.0 Å². The summed E-state index contributed by atoms with van der Waals surface area (Å²) in [4.78, 5) is 17.6. The molecule has 1 saturated heterocycles. The molecular weight excluding hydrogens is 238 g/mol. The Kier molecular flexibility index (Phi) is 3.76. The van der Waals surface area contributed by atoms with Gasteiger partial charge in [0.25, 0.3) is 0 Å². The normalized spacial score (nSPS) is 17.5. The number of nitrogens with one attached hydrogen (secondary N) is 1. The molecule has 0 unspecified atom stereocenters. The number of carbonyl (C=O) groups is 1. The van der Waals surface area contributed by atoms with Gasteiger partial charge >= 0.3 is 0 Å². The summed E-state index contributed by atoms with van der Waals surface area (Å²) >= 11 is 1.54. The maximum absolute atomic E-state index is 11.8. The molecule has 0 aromatic carbocycles. The van der Waals surface area contributed by atoms with E-state index >= 15 is 0 Å². The molecule has 0 spiro atoms. The molecule has 1 N–H and O–H groups in total. The highest BCUT2D eigenvalue weighted by atomic mass is 32.1. The molecule has 1 fully saturated rings. The van der Waals surface area contributed by atoms with Gasteiger partial charge in [0.05, 0.1) is 23.4 Å². The third-order valence-electron chi connectivity index (χ3n) is 2.85. The zero-order chi connectivity index (χ0) is 12.3. The van der Waals surface area contributed by atoms with E-state index in [4.69, 9.17) is 4.74 Å². The fourth-order valence-corrected chi connectivity index (χ4v) is 2.12. The third kappa shape index (κ3) is 3.24. The summed E-state index contributed by atoms with van der Waals surface area (Å²) in [5, 5.41) is 5.08. The Bertz CT molecular complexity index is 376. The van der Waals surface area contributed by atoms with Crippen LogP contribution in [0.1, 0.15) is 12.6 Å². The Labute approximate surface area is 105 Å². The van der Waals surface area contributed by atoms with E-state index in [9.17, 15) is 4.79 Å². The molecule has 1 aromatic heterocycles. The highest BCUT2D eigenvalue weighted by Gasteiger charge is 2.33. The third-order valence-corrected chi connectivity index (χ3v) is 3.49. The molecular formula is C11H17N3O2S. The zero-order valence-corrected chi connectivity index (χ0v) is 10.9. The number of amides is 1. The largest absolute Gasteiger partial charge is 0.363 e. The minimum atomic E-state index is -0.170. The summed E-state index contributed by atoms with van der Waals surface area (Å²) in [6.45, 7) is 4.32. The van der Waals surface area contributed by atoms with E-state index in [1.807, 2.05) is 12.3 Å². The van der Waals surface area contributed by atoms with Gasteiger partial charge in [0.1, 0.15) is 6.61 Å². The molecule has 0 radical (unpaired) electrons. The molecule has 2 rings (SSSR count). The number of hydrogen-bond donors (Lipinski definition) is 1. The van der Waals surface area contributed by atoms with Crippen LogP contribution in [-0.4, -0.2) is 48.1 Å². The molecule has 5 nitrogen and oxygen atoms in total. The quantitative estimate of drug-likeness (QED) is 0.831. The van der Waals surface area contributed by atoms with Crippen LogP contribution in [0.5, 0.6) is 0 Å². The molecule has 1 amide bonds. The van der Waals surface area contributed by atoms with Gasteiger partial charge in [-0.2, -0.15) is 0 Å². The number of carbonyl (C=O) groups excluding carboxylic acids is 1. The standard InChI is InChI=1S/C11H17N3O2S/c1-11(6-12-7-11)16-4-10(15)14(2)3-9-5-17-8-13-9/h5,8,12H,3-4,6-7H2,1-2H3. The molecule has 17 heavy (non-hydrogen) atoms. The van der Waals surface area contributed by atoms with Crippen LogP contribution in [0.25, 0.3) is 0 Å². The monoisotopic (exact) mass is 255 g/mol. The lowest BCUT2D eigenvalue weighted by atomic mass is 10.0. The Balaban J connectivity index is 1.75. The first kappa shape index (κ1) is 12.5. The lowest BCUT2D eigenvalue weighted by Gasteiger charge is -2.39. The van der Waals surface area contributed by atoms with Gasteiger partial charge in [-0.3, -0.25) is 4.79 Å². The molecule has 1 aliphatic rings. The maximum Gasteiger partial charge on any atom is 0.248 e. The van der Waals surface area contributed by atoms with Crippen molar-refractivity contribution in [3.63, 3.8) is 0 Å². The van der Waals surface area contributed by atoms with Crippen molar-refractivity contribution in [3.05, 3.63) is 16.6 Å². The van der Waals surface area contributed by atoms with Crippen LogP contribution >= 0.6 is 11.3 Å². The summed E-state index contributed by atoms with van der Waals surface area (Å²) in [5.41, 5.74) is 2.52. The van der Waals surface area contributed by atoms with Gasteiger partial charge in [0.2, 0.25) is 5.91 Å². The fourth-order valence-electron chi connectivity index (χ4n) is 1.57. The fraction of sp³-hybridized carbons (Fsp3) is 0.636. The topological polar surface area (TPSA) is 54.5 Å². The number of hydrogen-bond acceptors (Lipinski definition) is 5. The minimum absolute atomic E-state index is 0.00822. The first-order chi connectivity index (χ1) is 8.09. The number of nitrogens with zero attached hydrogens (tertiary/aromatic N) is 2. The van der Waals surface area contributed by atoms with Crippen LogP contribution in [0, 0.1) is 0 Å². The second kappa shape index (κ2) is 5.12. The zero-order valence-electron chi connectivity index (χ0n) is 10.1. The summed E-state index contributed by atoms with van der Waals surface area (Å²) in [6.07, 6.45) is 0. The van der Waals surface area contributed by atoms with Crippen LogP contribution in [-0.2, 0) is 16.1 Å². The van der Waals surface area contributed by atoms with Crippen molar-refractivity contribution in [2.75, 3.05) is 26.7 Å². The molecule has 6 heteroatoms. The smallest absolute Gasteiger partial charge is 0.248 e. The van der Waals surface area contributed by atoms with Gasteiger partial charge in [0, 0.05) is 25.5 Å². The van der Waals surface area contributed by atoms with E-state index in [1.54, 1.807) is 17.5 Å². The number of ether oxygens (including phenoxy) is 1. The van der Waals surface area contributed by atoms with Gasteiger partial charge in [-0.25, -0.2) is 4.98 Å². The van der Waals surface area contributed by atoms with Crippen molar-refractivity contribution in [3.8, 4) is 0 Å². The summed E-state index contributed by atoms with van der Waals surface area (Å²) in [5.74, 6) is -0.00822. The molecule has 0 atom stereocenters. The molecule has 0 bridgehead atoms. The van der Waals surface area contributed by atoms with E-state index in [0.29, 0.717) is 6.54 Å². The van der Waals surface area contributed by atoms with Crippen molar-refractivity contribution in [2.45, 2.75) is 19.1 Å². The highest BCUT2D eigenvalue weighted by molar-refractivity contribution is 7.07. The second-order valence-corrected chi connectivity index (χ2v) is 5.29. The summed E-state index contributed by atoms with van der Waals surface area (Å²) in [7, 11) is 1.77. The van der Waals surface area contributed by atoms with Gasteiger partial charge in [-0.1, -0.05) is 0 Å². The lowest BCUT2D eigenvalue weighted by molar-refractivity contribution is -0.145. The number of thiazole rings is 1. The second-order valence-electron chi connectivity index (χ2n) is 4.57. The number of aromatic nitrogens is 1. The van der Waals surface area contributed by atoms with Crippen LogP contribution in [0.2, 0.25) is 0 Å². The van der Waals surface area contributed by atoms with E-state index in [0.717, 1.165) is 18.8 Å². The first-order valence-electron chi connectivity index (χ1n) is 5.55. The minimum Gasteiger partial charge on any atom is -0.363 e. The van der Waals surface area contributed by atoms with E-state index in [1.165, 1.54) is 11.3 Å². The van der Waals surface area contributed by atoms with E-state index in [-0.39, 0.29) is 18.1 Å². The van der Waals surface area contributed by atoms with Crippen LogP contribution in [0.15, 0.2) is 10.9 Å². The SMILES string of the molecule is CN(Cc1cscn1)C(=O)COC1(C)CNC1. The number of rotatable bonds is 5. The average molecular weight is 255 g/mol.